The topological polar surface area (TPSA) is 64.1 Å². The number of fused-ring (bicyclic) bond motifs is 1. The maximum atomic E-state index is 9.09. The Labute approximate surface area is 77.4 Å². The van der Waals surface area contributed by atoms with Gasteiger partial charge in [0.15, 0.2) is 0 Å². The number of imidazole rings is 1. The van der Waals surface area contributed by atoms with Gasteiger partial charge in [-0.25, -0.2) is 4.98 Å². The zero-order chi connectivity index (χ0) is 9.26. The third-order valence-electron chi connectivity index (χ3n) is 2.61. The van der Waals surface area contributed by atoms with Crippen molar-refractivity contribution in [1.29, 1.82) is 0 Å². The molecule has 0 radical (unpaired) electrons. The molecule has 4 heteroatoms. The summed E-state index contributed by atoms with van der Waals surface area (Å²) in [6.07, 6.45) is 3.42. The van der Waals surface area contributed by atoms with Gasteiger partial charge in [0.2, 0.25) is 0 Å². The van der Waals surface area contributed by atoms with Crippen molar-refractivity contribution in [3.8, 4) is 0 Å². The lowest BCUT2D eigenvalue weighted by atomic mass is 10.1. The summed E-state index contributed by atoms with van der Waals surface area (Å²) in [6, 6.07) is 0. The van der Waals surface area contributed by atoms with Gasteiger partial charge in [-0.1, -0.05) is 0 Å². The maximum absolute atomic E-state index is 9.09. The predicted molar refractivity (Wildman–Crippen MR) is 49.0 cm³/mol. The molecule has 0 aromatic carbocycles. The summed E-state index contributed by atoms with van der Waals surface area (Å²) < 4.78 is 2.16. The van der Waals surface area contributed by atoms with Crippen LogP contribution in [0.1, 0.15) is 30.1 Å². The minimum atomic E-state index is 0.0370. The lowest BCUT2D eigenvalue weighted by Crippen LogP contribution is -2.15. The van der Waals surface area contributed by atoms with Crippen LogP contribution < -0.4 is 5.73 Å². The first-order valence-electron chi connectivity index (χ1n) is 4.75. The number of hydrogen-bond acceptors (Lipinski definition) is 3. The fraction of sp³-hybridized carbons (Fsp3) is 0.667. The Morgan fingerprint density at radius 2 is 2.31 bits per heavy atom. The summed E-state index contributed by atoms with van der Waals surface area (Å²) in [7, 11) is 0. The molecule has 0 saturated heterocycles. The predicted octanol–water partition coefficient (Wildman–Crippen LogP) is 0.170. The molecule has 0 saturated carbocycles. The maximum Gasteiger partial charge on any atom is 0.123 e. The molecule has 1 aliphatic heterocycles. The monoisotopic (exact) mass is 181 g/mol. The van der Waals surface area contributed by atoms with Gasteiger partial charge < -0.3 is 15.4 Å². The average molecular weight is 181 g/mol. The van der Waals surface area contributed by atoms with Crippen molar-refractivity contribution in [2.45, 2.75) is 39.0 Å². The Kier molecular flexibility index (Phi) is 2.33. The third-order valence-corrected chi connectivity index (χ3v) is 2.61. The van der Waals surface area contributed by atoms with E-state index in [9.17, 15) is 0 Å². The zero-order valence-corrected chi connectivity index (χ0v) is 7.66. The first kappa shape index (κ1) is 8.72. The molecule has 3 N–H and O–H groups in total. The molecule has 2 rings (SSSR count). The summed E-state index contributed by atoms with van der Waals surface area (Å²) in [6.45, 7) is 1.51. The molecule has 0 atom stereocenters. The number of rotatable bonds is 2. The number of aliphatic hydroxyl groups is 1. The Bertz CT molecular complexity index is 278. The largest absolute Gasteiger partial charge is 0.390 e. The van der Waals surface area contributed by atoms with Crippen molar-refractivity contribution in [2.24, 2.45) is 5.73 Å². The second-order valence-corrected chi connectivity index (χ2v) is 3.39. The van der Waals surface area contributed by atoms with Crippen LogP contribution in [0, 0.1) is 0 Å². The molecule has 0 aliphatic carbocycles. The second-order valence-electron chi connectivity index (χ2n) is 3.39. The van der Waals surface area contributed by atoms with E-state index in [0.29, 0.717) is 6.54 Å². The highest BCUT2D eigenvalue weighted by Gasteiger charge is 2.17. The lowest BCUT2D eigenvalue weighted by Gasteiger charge is -2.16. The van der Waals surface area contributed by atoms with Gasteiger partial charge in [-0.05, 0) is 19.3 Å². The second kappa shape index (κ2) is 3.47. The molecule has 0 bridgehead atoms. The molecule has 1 aliphatic rings. The standard InChI is InChI=1S/C9H15N3O/c10-5-9-11-7(6-13)8-3-1-2-4-12(8)9/h13H,1-6,10H2. The van der Waals surface area contributed by atoms with E-state index in [1.54, 1.807) is 0 Å². The molecule has 72 valence electrons. The van der Waals surface area contributed by atoms with Crippen LogP contribution in [-0.2, 0) is 26.1 Å². The SMILES string of the molecule is NCc1nc(CO)c2n1CCCC2. The Hall–Kier alpha value is -0.870. The number of nitrogens with zero attached hydrogens (tertiary/aromatic N) is 2. The van der Waals surface area contributed by atoms with Crippen molar-refractivity contribution in [3.63, 3.8) is 0 Å². The molecule has 1 aromatic rings. The molecular weight excluding hydrogens is 166 g/mol. The quantitative estimate of drug-likeness (QED) is 0.683. The summed E-state index contributed by atoms with van der Waals surface area (Å²) >= 11 is 0. The van der Waals surface area contributed by atoms with Crippen molar-refractivity contribution in [2.75, 3.05) is 0 Å². The van der Waals surface area contributed by atoms with Crippen molar-refractivity contribution >= 4 is 0 Å². The van der Waals surface area contributed by atoms with Crippen molar-refractivity contribution in [1.82, 2.24) is 9.55 Å². The van der Waals surface area contributed by atoms with Gasteiger partial charge in [0.05, 0.1) is 18.8 Å². The number of nitrogens with two attached hydrogens (primary N) is 1. The Morgan fingerprint density at radius 3 is 3.00 bits per heavy atom. The average Bonchev–Trinajstić information content (AvgIpc) is 2.56. The minimum Gasteiger partial charge on any atom is -0.390 e. The van der Waals surface area contributed by atoms with E-state index >= 15 is 0 Å². The first-order valence-corrected chi connectivity index (χ1v) is 4.75. The highest BCUT2D eigenvalue weighted by molar-refractivity contribution is 5.18. The number of aliphatic hydroxyl groups excluding tert-OH is 1. The summed E-state index contributed by atoms with van der Waals surface area (Å²) in [5.74, 6) is 0.916. The molecule has 0 unspecified atom stereocenters. The lowest BCUT2D eigenvalue weighted by molar-refractivity contribution is 0.275. The number of aromatic nitrogens is 2. The van der Waals surface area contributed by atoms with Gasteiger partial charge in [-0.15, -0.1) is 0 Å². The third kappa shape index (κ3) is 1.36. The summed E-state index contributed by atoms with van der Waals surface area (Å²) in [5, 5.41) is 9.09. The van der Waals surface area contributed by atoms with E-state index < -0.39 is 0 Å². The summed E-state index contributed by atoms with van der Waals surface area (Å²) in [4.78, 5) is 4.32. The fourth-order valence-electron chi connectivity index (χ4n) is 1.98. The van der Waals surface area contributed by atoms with Gasteiger partial charge in [0.25, 0.3) is 0 Å². The molecule has 0 fully saturated rings. The van der Waals surface area contributed by atoms with Crippen LogP contribution in [0.25, 0.3) is 0 Å². The van der Waals surface area contributed by atoms with Crippen LogP contribution in [-0.4, -0.2) is 14.7 Å². The van der Waals surface area contributed by atoms with Crippen molar-refractivity contribution < 1.29 is 5.11 Å². The van der Waals surface area contributed by atoms with E-state index in [2.05, 4.69) is 9.55 Å². The van der Waals surface area contributed by atoms with Gasteiger partial charge in [0, 0.05) is 12.2 Å². The van der Waals surface area contributed by atoms with Crippen LogP contribution in [0.3, 0.4) is 0 Å². The zero-order valence-electron chi connectivity index (χ0n) is 7.66. The Balaban J connectivity index is 2.44. The van der Waals surface area contributed by atoms with E-state index in [1.165, 1.54) is 18.5 Å². The van der Waals surface area contributed by atoms with E-state index in [4.69, 9.17) is 10.8 Å². The summed E-state index contributed by atoms with van der Waals surface area (Å²) in [5.41, 5.74) is 7.59. The molecule has 13 heavy (non-hydrogen) atoms. The number of hydrogen-bond donors (Lipinski definition) is 2. The normalized spacial score (nSPS) is 15.8. The van der Waals surface area contributed by atoms with Crippen LogP contribution in [0.15, 0.2) is 0 Å². The Morgan fingerprint density at radius 1 is 1.46 bits per heavy atom. The van der Waals surface area contributed by atoms with Crippen LogP contribution >= 0.6 is 0 Å². The molecule has 0 spiro atoms. The molecule has 0 amide bonds. The van der Waals surface area contributed by atoms with E-state index in [-0.39, 0.29) is 6.61 Å². The van der Waals surface area contributed by atoms with Gasteiger partial charge in [0.1, 0.15) is 5.82 Å². The van der Waals surface area contributed by atoms with Gasteiger partial charge in [-0.3, -0.25) is 0 Å². The fourth-order valence-corrected chi connectivity index (χ4v) is 1.98. The smallest absolute Gasteiger partial charge is 0.123 e. The highest BCUT2D eigenvalue weighted by atomic mass is 16.3. The van der Waals surface area contributed by atoms with Crippen LogP contribution in [0.5, 0.6) is 0 Å². The van der Waals surface area contributed by atoms with Crippen LogP contribution in [0.4, 0.5) is 0 Å². The molecular formula is C9H15N3O. The van der Waals surface area contributed by atoms with Crippen molar-refractivity contribution in [3.05, 3.63) is 17.2 Å². The van der Waals surface area contributed by atoms with E-state index in [1.807, 2.05) is 0 Å². The van der Waals surface area contributed by atoms with Crippen LogP contribution in [0.2, 0.25) is 0 Å². The van der Waals surface area contributed by atoms with Gasteiger partial charge in [-0.2, -0.15) is 0 Å². The molecule has 1 aromatic heterocycles. The van der Waals surface area contributed by atoms with E-state index in [0.717, 1.165) is 24.5 Å². The highest BCUT2D eigenvalue weighted by Crippen LogP contribution is 2.20. The van der Waals surface area contributed by atoms with Gasteiger partial charge >= 0.3 is 0 Å². The minimum absolute atomic E-state index is 0.0370. The molecule has 2 heterocycles. The molecule has 4 nitrogen and oxygen atoms in total. The first-order chi connectivity index (χ1) is 6.36.